The lowest BCUT2D eigenvalue weighted by molar-refractivity contribution is -0.131. The first-order valence-corrected chi connectivity index (χ1v) is 7.00. The predicted molar refractivity (Wildman–Crippen MR) is 78.9 cm³/mol. The summed E-state index contributed by atoms with van der Waals surface area (Å²) < 4.78 is 1.94. The zero-order valence-corrected chi connectivity index (χ0v) is 13.4. The molecule has 0 spiro atoms. The summed E-state index contributed by atoms with van der Waals surface area (Å²) in [4.78, 5) is 17.0. The Hall–Kier alpha value is -1.12. The summed E-state index contributed by atoms with van der Waals surface area (Å²) in [6.45, 7) is 12.6. The van der Waals surface area contributed by atoms with Crippen LogP contribution >= 0.6 is 0 Å². The SMILES string of the molecule is Cn1cnc(CC(CC(C)(C)C)C(=O)C(C)(C)C)c1. The smallest absolute Gasteiger partial charge is 0.141 e. The average Bonchev–Trinajstić information content (AvgIpc) is 2.58. The molecule has 108 valence electrons. The van der Waals surface area contributed by atoms with Crippen molar-refractivity contribution in [3.63, 3.8) is 0 Å². The first-order chi connectivity index (χ1) is 8.49. The number of ketones is 1. The van der Waals surface area contributed by atoms with E-state index in [4.69, 9.17) is 0 Å². The number of aryl methyl sites for hydroxylation is 1. The van der Waals surface area contributed by atoms with Gasteiger partial charge in [-0.1, -0.05) is 41.5 Å². The largest absolute Gasteiger partial charge is 0.340 e. The van der Waals surface area contributed by atoms with Crippen molar-refractivity contribution in [2.45, 2.75) is 54.4 Å². The molecule has 3 heteroatoms. The Kier molecular flexibility index (Phi) is 4.59. The van der Waals surface area contributed by atoms with Crippen LogP contribution in [0.5, 0.6) is 0 Å². The van der Waals surface area contributed by atoms with Crippen molar-refractivity contribution in [1.82, 2.24) is 9.55 Å². The predicted octanol–water partition coefficient (Wildman–Crippen LogP) is 3.63. The van der Waals surface area contributed by atoms with Crippen LogP contribution < -0.4 is 0 Å². The fourth-order valence-electron chi connectivity index (χ4n) is 2.43. The van der Waals surface area contributed by atoms with Crippen molar-refractivity contribution in [2.24, 2.45) is 23.8 Å². The van der Waals surface area contributed by atoms with Crippen molar-refractivity contribution in [2.75, 3.05) is 0 Å². The molecular weight excluding hydrogens is 236 g/mol. The summed E-state index contributed by atoms with van der Waals surface area (Å²) in [7, 11) is 1.96. The van der Waals surface area contributed by atoms with Crippen molar-refractivity contribution in [3.05, 3.63) is 18.2 Å². The number of nitrogens with zero attached hydrogens (tertiary/aromatic N) is 2. The molecule has 1 heterocycles. The maximum absolute atomic E-state index is 12.6. The third kappa shape index (κ3) is 5.17. The number of hydrogen-bond acceptors (Lipinski definition) is 2. The molecule has 19 heavy (non-hydrogen) atoms. The van der Waals surface area contributed by atoms with Crippen LogP contribution in [0.25, 0.3) is 0 Å². The van der Waals surface area contributed by atoms with E-state index in [1.54, 1.807) is 6.33 Å². The standard InChI is InChI=1S/C16H28N2O/c1-15(2,3)9-12(14(19)16(4,5)6)8-13-10-18(7)11-17-13/h10-12H,8-9H2,1-7H3. The normalized spacial score (nSPS) is 14.5. The molecular formula is C16H28N2O. The van der Waals surface area contributed by atoms with Gasteiger partial charge >= 0.3 is 0 Å². The number of rotatable bonds is 4. The number of Topliss-reactive ketones (excluding diaryl/α,β-unsaturated/α-hetero) is 1. The van der Waals surface area contributed by atoms with Crippen LogP contribution in [-0.2, 0) is 18.3 Å². The zero-order valence-electron chi connectivity index (χ0n) is 13.4. The van der Waals surface area contributed by atoms with Gasteiger partial charge in [0, 0.05) is 31.0 Å². The Morgan fingerprint density at radius 2 is 1.84 bits per heavy atom. The molecule has 0 saturated heterocycles. The monoisotopic (exact) mass is 264 g/mol. The molecule has 1 aromatic heterocycles. The number of imidazole rings is 1. The van der Waals surface area contributed by atoms with E-state index in [-0.39, 0.29) is 16.7 Å². The number of carbonyl (C=O) groups excluding carboxylic acids is 1. The Morgan fingerprint density at radius 3 is 2.21 bits per heavy atom. The summed E-state index contributed by atoms with van der Waals surface area (Å²) >= 11 is 0. The molecule has 0 amide bonds. The van der Waals surface area contributed by atoms with Crippen LogP contribution in [0.15, 0.2) is 12.5 Å². The molecule has 0 fully saturated rings. The molecule has 0 N–H and O–H groups in total. The van der Waals surface area contributed by atoms with E-state index in [2.05, 4.69) is 25.8 Å². The summed E-state index contributed by atoms with van der Waals surface area (Å²) in [5.41, 5.74) is 0.875. The van der Waals surface area contributed by atoms with E-state index < -0.39 is 0 Å². The topological polar surface area (TPSA) is 34.9 Å². The van der Waals surface area contributed by atoms with E-state index in [1.165, 1.54) is 0 Å². The minimum atomic E-state index is -0.287. The third-order valence-electron chi connectivity index (χ3n) is 3.18. The first kappa shape index (κ1) is 15.9. The first-order valence-electron chi connectivity index (χ1n) is 7.00. The van der Waals surface area contributed by atoms with Gasteiger partial charge in [-0.2, -0.15) is 0 Å². The van der Waals surface area contributed by atoms with Crippen LogP contribution in [0.3, 0.4) is 0 Å². The van der Waals surface area contributed by atoms with E-state index in [1.807, 2.05) is 38.6 Å². The lowest BCUT2D eigenvalue weighted by Gasteiger charge is -2.29. The van der Waals surface area contributed by atoms with Crippen LogP contribution in [0.4, 0.5) is 0 Å². The lowest BCUT2D eigenvalue weighted by atomic mass is 9.74. The Balaban J connectivity index is 2.90. The summed E-state index contributed by atoms with van der Waals surface area (Å²) in [6.07, 6.45) is 5.45. The molecule has 0 aliphatic carbocycles. The maximum Gasteiger partial charge on any atom is 0.141 e. The number of hydrogen-bond donors (Lipinski definition) is 0. The van der Waals surface area contributed by atoms with Crippen LogP contribution in [0, 0.1) is 16.7 Å². The van der Waals surface area contributed by atoms with Gasteiger partial charge in [0.15, 0.2) is 0 Å². The van der Waals surface area contributed by atoms with E-state index in [0.717, 1.165) is 18.5 Å². The van der Waals surface area contributed by atoms with Crippen molar-refractivity contribution < 1.29 is 4.79 Å². The van der Waals surface area contributed by atoms with Gasteiger partial charge in [-0.15, -0.1) is 0 Å². The molecule has 0 aromatic carbocycles. The van der Waals surface area contributed by atoms with Gasteiger partial charge in [0.25, 0.3) is 0 Å². The average molecular weight is 264 g/mol. The van der Waals surface area contributed by atoms with Gasteiger partial charge in [0.2, 0.25) is 0 Å². The van der Waals surface area contributed by atoms with Gasteiger partial charge in [0.1, 0.15) is 5.78 Å². The number of aromatic nitrogens is 2. The van der Waals surface area contributed by atoms with Gasteiger partial charge in [-0.05, 0) is 11.8 Å². The molecule has 1 unspecified atom stereocenters. The van der Waals surface area contributed by atoms with Crippen molar-refractivity contribution in [1.29, 1.82) is 0 Å². The zero-order chi connectivity index (χ0) is 14.8. The molecule has 0 saturated carbocycles. The molecule has 0 bridgehead atoms. The maximum atomic E-state index is 12.6. The fourth-order valence-corrected chi connectivity index (χ4v) is 2.43. The van der Waals surface area contributed by atoms with E-state index >= 15 is 0 Å². The quantitative estimate of drug-likeness (QED) is 0.832. The molecule has 0 radical (unpaired) electrons. The van der Waals surface area contributed by atoms with Gasteiger partial charge in [-0.3, -0.25) is 4.79 Å². The minimum Gasteiger partial charge on any atom is -0.340 e. The highest BCUT2D eigenvalue weighted by molar-refractivity contribution is 5.86. The van der Waals surface area contributed by atoms with Crippen LogP contribution in [0.2, 0.25) is 0 Å². The second kappa shape index (κ2) is 5.48. The molecule has 1 atom stereocenters. The van der Waals surface area contributed by atoms with Gasteiger partial charge in [-0.25, -0.2) is 4.98 Å². The molecule has 1 rings (SSSR count). The summed E-state index contributed by atoms with van der Waals surface area (Å²) in [5.74, 6) is 0.392. The molecule has 3 nitrogen and oxygen atoms in total. The second-order valence-corrected chi connectivity index (χ2v) is 7.81. The summed E-state index contributed by atoms with van der Waals surface area (Å²) in [5, 5.41) is 0. The van der Waals surface area contributed by atoms with Crippen molar-refractivity contribution in [3.8, 4) is 0 Å². The number of carbonyl (C=O) groups is 1. The Morgan fingerprint density at radius 1 is 1.26 bits per heavy atom. The lowest BCUT2D eigenvalue weighted by Crippen LogP contribution is -2.32. The summed E-state index contributed by atoms with van der Waals surface area (Å²) in [6, 6.07) is 0. The van der Waals surface area contributed by atoms with Crippen LogP contribution in [0.1, 0.15) is 53.7 Å². The minimum absolute atomic E-state index is 0.0508. The Labute approximate surface area is 117 Å². The van der Waals surface area contributed by atoms with E-state index in [9.17, 15) is 4.79 Å². The fraction of sp³-hybridized carbons (Fsp3) is 0.750. The molecule has 0 aliphatic rings. The Bertz CT molecular complexity index is 432. The molecule has 1 aromatic rings. The van der Waals surface area contributed by atoms with E-state index in [0.29, 0.717) is 5.78 Å². The van der Waals surface area contributed by atoms with Gasteiger partial charge in [0.05, 0.1) is 12.0 Å². The highest BCUT2D eigenvalue weighted by Crippen LogP contribution is 2.32. The van der Waals surface area contributed by atoms with Gasteiger partial charge < -0.3 is 4.57 Å². The highest BCUT2D eigenvalue weighted by Gasteiger charge is 2.32. The van der Waals surface area contributed by atoms with Crippen molar-refractivity contribution >= 4 is 5.78 Å². The highest BCUT2D eigenvalue weighted by atomic mass is 16.1. The van der Waals surface area contributed by atoms with Crippen LogP contribution in [-0.4, -0.2) is 15.3 Å². The second-order valence-electron chi connectivity index (χ2n) is 7.81. The molecule has 0 aliphatic heterocycles. The third-order valence-corrected chi connectivity index (χ3v) is 3.18.